The molecule has 0 saturated heterocycles. The molecule has 0 spiro atoms. The summed E-state index contributed by atoms with van der Waals surface area (Å²) in [7, 11) is 1.45. The molecule has 0 radical (unpaired) electrons. The molecule has 124 valence electrons. The van der Waals surface area contributed by atoms with Crippen LogP contribution in [-0.4, -0.2) is 32.8 Å². The molecule has 3 aromatic rings. The zero-order valence-electron chi connectivity index (χ0n) is 13.7. The Bertz CT molecular complexity index is 880. The van der Waals surface area contributed by atoms with Gasteiger partial charge in [-0.15, -0.1) is 10.2 Å². The molecule has 24 heavy (non-hydrogen) atoms. The van der Waals surface area contributed by atoms with Crippen molar-refractivity contribution in [2.24, 2.45) is 5.92 Å². The Morgan fingerprint density at radius 2 is 2.21 bits per heavy atom. The quantitative estimate of drug-likeness (QED) is 0.751. The van der Waals surface area contributed by atoms with Crippen molar-refractivity contribution in [3.63, 3.8) is 0 Å². The van der Waals surface area contributed by atoms with Gasteiger partial charge in [0.15, 0.2) is 0 Å². The molecule has 2 aromatic heterocycles. The summed E-state index contributed by atoms with van der Waals surface area (Å²) in [6.45, 7) is 0.764. The van der Waals surface area contributed by atoms with E-state index in [0.29, 0.717) is 0 Å². The van der Waals surface area contributed by atoms with Crippen LogP contribution in [0.15, 0.2) is 30.5 Å². The van der Waals surface area contributed by atoms with Crippen LogP contribution in [0.25, 0.3) is 10.9 Å². The summed E-state index contributed by atoms with van der Waals surface area (Å²) in [5.41, 5.74) is 2.35. The van der Waals surface area contributed by atoms with E-state index in [1.807, 2.05) is 18.3 Å². The predicted octanol–water partition coefficient (Wildman–Crippen LogP) is 2.48. The summed E-state index contributed by atoms with van der Waals surface area (Å²) >= 11 is 0. The summed E-state index contributed by atoms with van der Waals surface area (Å²) in [4.78, 5) is 15.1. The fourth-order valence-corrected chi connectivity index (χ4v) is 3.53. The first-order valence-electron chi connectivity index (χ1n) is 8.30. The van der Waals surface area contributed by atoms with Crippen LogP contribution in [0, 0.1) is 5.92 Å². The molecule has 6 heteroatoms. The summed E-state index contributed by atoms with van der Waals surface area (Å²) in [6, 6.07) is 8.27. The molecule has 1 aliphatic heterocycles. The second kappa shape index (κ2) is 6.11. The summed E-state index contributed by atoms with van der Waals surface area (Å²) < 4.78 is 7.07. The van der Waals surface area contributed by atoms with Gasteiger partial charge in [-0.25, -0.2) is 0 Å². The van der Waals surface area contributed by atoms with Gasteiger partial charge in [-0.1, -0.05) is 18.2 Å². The Morgan fingerprint density at radius 1 is 1.33 bits per heavy atom. The Kier molecular flexibility index (Phi) is 3.80. The van der Waals surface area contributed by atoms with Gasteiger partial charge in [-0.2, -0.15) is 0 Å². The number of fused-ring (bicyclic) bond motifs is 2. The lowest BCUT2D eigenvalue weighted by Gasteiger charge is -2.11. The number of carbonyl (C=O) groups excluding carboxylic acids is 1. The molecule has 1 aromatic carbocycles. The molecule has 3 heterocycles. The molecular formula is C18H20N4O2. The molecule has 0 saturated carbocycles. The van der Waals surface area contributed by atoms with Crippen LogP contribution in [-0.2, 0) is 28.9 Å². The highest BCUT2D eigenvalue weighted by atomic mass is 16.5. The number of aryl methyl sites for hydroxylation is 1. The highest BCUT2D eigenvalue weighted by molar-refractivity contribution is 5.83. The molecule has 1 unspecified atom stereocenters. The number of para-hydroxylation sites is 1. The minimum atomic E-state index is -0.119. The summed E-state index contributed by atoms with van der Waals surface area (Å²) in [5, 5.41) is 9.96. The van der Waals surface area contributed by atoms with Crippen molar-refractivity contribution >= 4 is 16.9 Å². The third-order valence-corrected chi connectivity index (χ3v) is 4.88. The van der Waals surface area contributed by atoms with Gasteiger partial charge in [-0.05, 0) is 24.5 Å². The molecular weight excluding hydrogens is 304 g/mol. The van der Waals surface area contributed by atoms with Crippen molar-refractivity contribution in [3.8, 4) is 0 Å². The van der Waals surface area contributed by atoms with Crippen LogP contribution < -0.4 is 0 Å². The van der Waals surface area contributed by atoms with Crippen LogP contribution in [0.2, 0.25) is 0 Å². The Hall–Kier alpha value is -2.63. The molecule has 4 rings (SSSR count). The number of aromatic nitrogens is 4. The van der Waals surface area contributed by atoms with E-state index in [4.69, 9.17) is 4.74 Å². The number of hydrogen-bond donors (Lipinski definition) is 1. The monoisotopic (exact) mass is 324 g/mol. The van der Waals surface area contributed by atoms with Crippen molar-refractivity contribution in [2.45, 2.75) is 32.2 Å². The van der Waals surface area contributed by atoms with E-state index in [1.54, 1.807) is 0 Å². The lowest BCUT2D eigenvalue weighted by atomic mass is 10.0. The average Bonchev–Trinajstić information content (AvgIpc) is 3.13. The van der Waals surface area contributed by atoms with Gasteiger partial charge in [0.25, 0.3) is 0 Å². The highest BCUT2D eigenvalue weighted by Gasteiger charge is 2.25. The molecule has 1 atom stereocenters. The van der Waals surface area contributed by atoms with Crippen LogP contribution in [0.1, 0.15) is 30.1 Å². The lowest BCUT2D eigenvalue weighted by molar-refractivity contribution is -0.145. The Labute approximate surface area is 139 Å². The van der Waals surface area contributed by atoms with Gasteiger partial charge in [0, 0.05) is 36.5 Å². The number of nitrogens with one attached hydrogen (secondary N) is 1. The SMILES string of the molecule is COC(=O)C1CCc2nnc(Cc3c[nH]c4ccccc34)n2CC1. The predicted molar refractivity (Wildman–Crippen MR) is 89.6 cm³/mol. The molecule has 0 bridgehead atoms. The minimum Gasteiger partial charge on any atom is -0.469 e. The Balaban J connectivity index is 1.59. The summed E-state index contributed by atoms with van der Waals surface area (Å²) in [6.07, 6.45) is 5.09. The number of H-pyrrole nitrogens is 1. The van der Waals surface area contributed by atoms with Gasteiger partial charge in [0.05, 0.1) is 13.0 Å². The maximum absolute atomic E-state index is 11.8. The van der Waals surface area contributed by atoms with Gasteiger partial charge < -0.3 is 14.3 Å². The first-order valence-corrected chi connectivity index (χ1v) is 8.30. The first kappa shape index (κ1) is 14.9. The smallest absolute Gasteiger partial charge is 0.308 e. The van der Waals surface area contributed by atoms with Gasteiger partial charge in [0.2, 0.25) is 0 Å². The number of ether oxygens (including phenoxy) is 1. The van der Waals surface area contributed by atoms with Crippen molar-refractivity contribution in [1.29, 1.82) is 0 Å². The number of benzene rings is 1. The number of rotatable bonds is 3. The minimum absolute atomic E-state index is 0.0439. The van der Waals surface area contributed by atoms with E-state index in [2.05, 4.69) is 31.9 Å². The topological polar surface area (TPSA) is 72.8 Å². The fraction of sp³-hybridized carbons (Fsp3) is 0.389. The second-order valence-corrected chi connectivity index (χ2v) is 6.27. The van der Waals surface area contributed by atoms with Gasteiger partial charge >= 0.3 is 5.97 Å². The standard InChI is InChI=1S/C18H20N4O2/c1-24-18(23)12-6-7-16-20-21-17(22(16)9-8-12)10-13-11-19-15-5-3-2-4-14(13)15/h2-5,11-12,19H,6-10H2,1H3. The number of aromatic amines is 1. The first-order chi connectivity index (χ1) is 11.8. The number of carbonyl (C=O) groups is 1. The van der Waals surface area contributed by atoms with E-state index in [0.717, 1.165) is 49.4 Å². The van der Waals surface area contributed by atoms with Gasteiger partial charge in [0.1, 0.15) is 11.6 Å². The van der Waals surface area contributed by atoms with E-state index >= 15 is 0 Å². The molecule has 0 aliphatic carbocycles. The number of esters is 1. The van der Waals surface area contributed by atoms with Gasteiger partial charge in [-0.3, -0.25) is 4.79 Å². The Morgan fingerprint density at radius 3 is 3.08 bits per heavy atom. The van der Waals surface area contributed by atoms with Crippen molar-refractivity contribution in [2.75, 3.05) is 7.11 Å². The highest BCUT2D eigenvalue weighted by Crippen LogP contribution is 2.24. The molecule has 6 nitrogen and oxygen atoms in total. The van der Waals surface area contributed by atoms with Crippen LogP contribution in [0.5, 0.6) is 0 Å². The molecule has 0 amide bonds. The summed E-state index contributed by atoms with van der Waals surface area (Å²) in [5.74, 6) is 1.76. The second-order valence-electron chi connectivity index (χ2n) is 6.27. The molecule has 1 N–H and O–H groups in total. The lowest BCUT2D eigenvalue weighted by Crippen LogP contribution is -2.17. The van der Waals surface area contributed by atoms with Crippen molar-refractivity contribution < 1.29 is 9.53 Å². The van der Waals surface area contributed by atoms with E-state index in [-0.39, 0.29) is 11.9 Å². The third-order valence-electron chi connectivity index (χ3n) is 4.88. The number of nitrogens with zero attached hydrogens (tertiary/aromatic N) is 3. The van der Waals surface area contributed by atoms with Crippen molar-refractivity contribution in [1.82, 2.24) is 19.7 Å². The maximum Gasteiger partial charge on any atom is 0.308 e. The maximum atomic E-state index is 11.8. The largest absolute Gasteiger partial charge is 0.469 e. The fourth-order valence-electron chi connectivity index (χ4n) is 3.53. The van der Waals surface area contributed by atoms with Crippen LogP contribution in [0.4, 0.5) is 0 Å². The van der Waals surface area contributed by atoms with E-state index < -0.39 is 0 Å². The van der Waals surface area contributed by atoms with E-state index in [9.17, 15) is 4.79 Å². The van der Waals surface area contributed by atoms with Crippen molar-refractivity contribution in [3.05, 3.63) is 47.7 Å². The molecule has 0 fully saturated rings. The van der Waals surface area contributed by atoms with Crippen LogP contribution >= 0.6 is 0 Å². The third kappa shape index (κ3) is 2.58. The number of hydrogen-bond acceptors (Lipinski definition) is 4. The molecule has 1 aliphatic rings. The average molecular weight is 324 g/mol. The zero-order valence-corrected chi connectivity index (χ0v) is 13.7. The van der Waals surface area contributed by atoms with Crippen LogP contribution in [0.3, 0.4) is 0 Å². The normalized spacial score (nSPS) is 17.5. The van der Waals surface area contributed by atoms with E-state index in [1.165, 1.54) is 18.1 Å². The number of methoxy groups -OCH3 is 1. The zero-order chi connectivity index (χ0) is 16.5.